The van der Waals surface area contributed by atoms with Crippen LogP contribution in [-0.4, -0.2) is 78.2 Å². The van der Waals surface area contributed by atoms with E-state index in [4.69, 9.17) is 14.5 Å². The summed E-state index contributed by atoms with van der Waals surface area (Å²) in [6.45, 7) is 3.32. The van der Waals surface area contributed by atoms with Gasteiger partial charge in [0.2, 0.25) is 0 Å². The highest BCUT2D eigenvalue weighted by atomic mass is 19.1. The van der Waals surface area contributed by atoms with E-state index in [1.165, 1.54) is 28.2 Å². The maximum atomic E-state index is 15.3. The zero-order valence-corrected chi connectivity index (χ0v) is 22.8. The van der Waals surface area contributed by atoms with Gasteiger partial charge in [0.25, 0.3) is 5.91 Å². The van der Waals surface area contributed by atoms with Gasteiger partial charge in [0, 0.05) is 62.1 Å². The number of likely N-dealkylation sites (N-methyl/N-ethyl adjacent to an activating group) is 1. The van der Waals surface area contributed by atoms with Crippen molar-refractivity contribution in [1.82, 2.24) is 24.8 Å². The first-order valence-electron chi connectivity index (χ1n) is 13.4. The molecule has 4 aromatic rings. The lowest BCUT2D eigenvalue weighted by Crippen LogP contribution is -2.33. The molecule has 1 N–H and O–H groups in total. The first kappa shape index (κ1) is 26.3. The number of nitrogens with one attached hydrogen (secondary N) is 1. The van der Waals surface area contributed by atoms with E-state index in [1.54, 1.807) is 26.6 Å². The number of rotatable bonds is 6. The minimum atomic E-state index is -0.919. The van der Waals surface area contributed by atoms with Crippen LogP contribution in [0.2, 0.25) is 0 Å². The molecule has 0 aliphatic carbocycles. The van der Waals surface area contributed by atoms with Gasteiger partial charge >= 0.3 is 0 Å². The fourth-order valence-electron chi connectivity index (χ4n) is 5.67. The summed E-state index contributed by atoms with van der Waals surface area (Å²) in [5.41, 5.74) is 5.01. The molecule has 2 aromatic heterocycles. The molecule has 1 atom stereocenters. The van der Waals surface area contributed by atoms with Crippen molar-refractivity contribution in [3.8, 4) is 28.1 Å². The van der Waals surface area contributed by atoms with Gasteiger partial charge < -0.3 is 24.3 Å². The predicted molar refractivity (Wildman–Crippen MR) is 147 cm³/mol. The molecule has 10 heteroatoms. The van der Waals surface area contributed by atoms with Crippen LogP contribution >= 0.6 is 0 Å². The molecule has 2 aliphatic heterocycles. The van der Waals surface area contributed by atoms with E-state index >= 15 is 8.78 Å². The smallest absolute Gasteiger partial charge is 0.259 e. The van der Waals surface area contributed by atoms with Gasteiger partial charge in [0.05, 0.1) is 25.6 Å². The molecule has 0 saturated carbocycles. The third-order valence-corrected chi connectivity index (χ3v) is 7.86. The summed E-state index contributed by atoms with van der Waals surface area (Å²) in [4.78, 5) is 28.9. The Kier molecular flexibility index (Phi) is 6.97. The second-order valence-corrected chi connectivity index (χ2v) is 10.7. The van der Waals surface area contributed by atoms with E-state index in [0.29, 0.717) is 42.2 Å². The molecule has 8 nitrogen and oxygen atoms in total. The number of H-pyrrole nitrogens is 1. The molecule has 208 valence electrons. The zero-order valence-electron chi connectivity index (χ0n) is 22.8. The van der Waals surface area contributed by atoms with Crippen LogP contribution in [0.3, 0.4) is 0 Å². The van der Waals surface area contributed by atoms with Crippen molar-refractivity contribution in [2.45, 2.75) is 19.4 Å². The van der Waals surface area contributed by atoms with Crippen LogP contribution in [0.1, 0.15) is 27.9 Å². The van der Waals surface area contributed by atoms with Crippen LogP contribution in [0.4, 0.5) is 8.78 Å². The molecular weight excluding hydrogens is 516 g/mol. The maximum Gasteiger partial charge on any atom is 0.259 e. The number of carbonyl (C=O) groups excluding carboxylic acids is 1. The summed E-state index contributed by atoms with van der Waals surface area (Å²) >= 11 is 0. The standard InChI is InChI=1S/C30H31F2N5O3/c1-36-6-4-18-8-20(11-26(39-3)22(18)15-36)25-13-34-29-28(35-25)21(12-33-29)19-9-23(31)27(24(32)10-19)30(38)37(2)14-17-5-7-40-16-17/h8-13,17H,4-7,14-16H2,1-3H3,(H,33,34)/t17-/m0/s1. The normalized spacial score (nSPS) is 17.3. The van der Waals surface area contributed by atoms with Gasteiger partial charge in [0.1, 0.15) is 28.5 Å². The van der Waals surface area contributed by atoms with Gasteiger partial charge in [-0.25, -0.2) is 18.7 Å². The SMILES string of the molecule is COc1cc(-c2cnc3[nH]cc(-c4cc(F)c(C(=O)N(C)C[C@@H]5CCOC5)c(F)c4)c3n2)cc2c1CN(C)CC2. The summed E-state index contributed by atoms with van der Waals surface area (Å²) in [7, 11) is 5.30. The van der Waals surface area contributed by atoms with Crippen molar-refractivity contribution in [2.24, 2.45) is 5.92 Å². The predicted octanol–water partition coefficient (Wildman–Crippen LogP) is 4.68. The minimum absolute atomic E-state index is 0.162. The number of benzene rings is 2. The molecule has 40 heavy (non-hydrogen) atoms. The summed E-state index contributed by atoms with van der Waals surface area (Å²) in [5.74, 6) is -1.57. The minimum Gasteiger partial charge on any atom is -0.496 e. The number of ether oxygens (including phenoxy) is 2. The zero-order chi connectivity index (χ0) is 28.0. The molecule has 1 saturated heterocycles. The number of aromatic nitrogens is 3. The Balaban J connectivity index is 1.34. The van der Waals surface area contributed by atoms with E-state index < -0.39 is 23.1 Å². The fourth-order valence-corrected chi connectivity index (χ4v) is 5.67. The van der Waals surface area contributed by atoms with Crippen molar-refractivity contribution >= 4 is 17.1 Å². The lowest BCUT2D eigenvalue weighted by molar-refractivity contribution is 0.0756. The first-order chi connectivity index (χ1) is 19.3. The number of hydrogen-bond acceptors (Lipinski definition) is 6. The number of halogens is 2. The van der Waals surface area contributed by atoms with Gasteiger partial charge in [-0.1, -0.05) is 0 Å². The van der Waals surface area contributed by atoms with Crippen molar-refractivity contribution in [2.75, 3.05) is 47.5 Å². The number of hydrogen-bond donors (Lipinski definition) is 1. The molecule has 1 amide bonds. The van der Waals surface area contributed by atoms with Crippen molar-refractivity contribution in [3.05, 3.63) is 65.0 Å². The molecule has 1 fully saturated rings. The monoisotopic (exact) mass is 547 g/mol. The second-order valence-electron chi connectivity index (χ2n) is 10.7. The molecule has 2 aliphatic rings. The molecule has 0 spiro atoms. The Morgan fingerprint density at radius 3 is 2.75 bits per heavy atom. The Hall–Kier alpha value is -3.89. The van der Waals surface area contributed by atoms with Gasteiger partial charge in [-0.3, -0.25) is 4.79 Å². The highest BCUT2D eigenvalue weighted by Crippen LogP contribution is 2.35. The molecule has 0 radical (unpaired) electrons. The van der Waals surface area contributed by atoms with E-state index in [0.717, 1.165) is 37.2 Å². The fraction of sp³-hybridized carbons (Fsp3) is 0.367. The number of aromatic amines is 1. The van der Waals surface area contributed by atoms with Gasteiger partial charge in [-0.05, 0) is 55.3 Å². The first-order valence-corrected chi connectivity index (χ1v) is 13.4. The van der Waals surface area contributed by atoms with Crippen molar-refractivity contribution < 1.29 is 23.0 Å². The van der Waals surface area contributed by atoms with Crippen LogP contribution in [0.15, 0.2) is 36.7 Å². The Morgan fingerprint density at radius 2 is 2.02 bits per heavy atom. The Bertz CT molecular complexity index is 1560. The third-order valence-electron chi connectivity index (χ3n) is 7.86. The van der Waals surface area contributed by atoms with Crippen LogP contribution < -0.4 is 4.74 Å². The van der Waals surface area contributed by atoms with Gasteiger partial charge in [-0.15, -0.1) is 0 Å². The van der Waals surface area contributed by atoms with E-state index in [1.807, 2.05) is 6.07 Å². The number of fused-ring (bicyclic) bond motifs is 2. The van der Waals surface area contributed by atoms with Crippen LogP contribution in [0.25, 0.3) is 33.5 Å². The topological polar surface area (TPSA) is 83.6 Å². The number of methoxy groups -OCH3 is 1. The quantitative estimate of drug-likeness (QED) is 0.378. The number of carbonyl (C=O) groups is 1. The van der Waals surface area contributed by atoms with Crippen LogP contribution in [0.5, 0.6) is 5.75 Å². The van der Waals surface area contributed by atoms with Gasteiger partial charge in [-0.2, -0.15) is 0 Å². The summed E-state index contributed by atoms with van der Waals surface area (Å²) in [6, 6.07) is 6.42. The average Bonchev–Trinajstić information content (AvgIpc) is 3.61. The van der Waals surface area contributed by atoms with Crippen LogP contribution in [0, 0.1) is 17.6 Å². The Morgan fingerprint density at radius 1 is 1.23 bits per heavy atom. The summed E-state index contributed by atoms with van der Waals surface area (Å²) < 4.78 is 41.6. The maximum absolute atomic E-state index is 15.3. The van der Waals surface area contributed by atoms with E-state index in [9.17, 15) is 4.79 Å². The molecule has 0 bridgehead atoms. The summed E-state index contributed by atoms with van der Waals surface area (Å²) in [5, 5.41) is 0. The van der Waals surface area contributed by atoms with Gasteiger partial charge in [0.15, 0.2) is 5.65 Å². The Labute approximate surface area is 230 Å². The average molecular weight is 548 g/mol. The number of amides is 1. The molecule has 6 rings (SSSR count). The number of nitrogens with zero attached hydrogens (tertiary/aromatic N) is 4. The summed E-state index contributed by atoms with van der Waals surface area (Å²) in [6.07, 6.45) is 5.02. The molecule has 2 aromatic carbocycles. The highest BCUT2D eigenvalue weighted by Gasteiger charge is 2.26. The van der Waals surface area contributed by atoms with Crippen LogP contribution in [-0.2, 0) is 17.7 Å². The van der Waals surface area contributed by atoms with E-state index in [2.05, 4.69) is 28.0 Å². The second kappa shape index (κ2) is 10.6. The lowest BCUT2D eigenvalue weighted by atomic mass is 9.95. The molecular formula is C30H31F2N5O3. The van der Waals surface area contributed by atoms with E-state index in [-0.39, 0.29) is 11.5 Å². The molecule has 0 unspecified atom stereocenters. The van der Waals surface area contributed by atoms with Crippen molar-refractivity contribution in [3.63, 3.8) is 0 Å². The van der Waals surface area contributed by atoms with Crippen molar-refractivity contribution in [1.29, 1.82) is 0 Å². The highest BCUT2D eigenvalue weighted by molar-refractivity contribution is 5.96. The lowest BCUT2D eigenvalue weighted by Gasteiger charge is -2.27. The third kappa shape index (κ3) is 4.82. The largest absolute Gasteiger partial charge is 0.496 e. The molecule has 4 heterocycles.